The zero-order valence-electron chi connectivity index (χ0n) is 8.98. The van der Waals surface area contributed by atoms with Crippen molar-refractivity contribution in [2.75, 3.05) is 18.9 Å². The van der Waals surface area contributed by atoms with Crippen LogP contribution in [0.25, 0.3) is 0 Å². The number of nitrogens with two attached hydrogens (primary N) is 1. The zero-order chi connectivity index (χ0) is 11.4. The van der Waals surface area contributed by atoms with E-state index >= 15 is 0 Å². The maximum Gasteiger partial charge on any atom is 0.143 e. The lowest BCUT2D eigenvalue weighted by Crippen LogP contribution is -2.26. The first-order valence-electron chi connectivity index (χ1n) is 5.33. The second-order valence-corrected chi connectivity index (χ2v) is 3.79. The summed E-state index contributed by atoms with van der Waals surface area (Å²) in [6, 6.07) is 7.15. The van der Waals surface area contributed by atoms with Gasteiger partial charge in [-0.15, -0.1) is 0 Å². The third-order valence-corrected chi connectivity index (χ3v) is 2.60. The average molecular weight is 218 g/mol. The van der Waals surface area contributed by atoms with Gasteiger partial charge in [-0.3, -0.25) is 0 Å². The molecule has 0 bridgehead atoms. The van der Waals surface area contributed by atoms with Crippen molar-refractivity contribution >= 4 is 5.69 Å². The van der Waals surface area contributed by atoms with E-state index in [1.807, 2.05) is 0 Å². The molecule has 16 heavy (non-hydrogen) atoms. The lowest BCUT2D eigenvalue weighted by molar-refractivity contribution is 0.0258. The summed E-state index contributed by atoms with van der Waals surface area (Å²) in [7, 11) is 0. The highest BCUT2D eigenvalue weighted by Gasteiger charge is 2.16. The number of ether oxygens (including phenoxy) is 2. The van der Waals surface area contributed by atoms with Crippen LogP contribution in [0.2, 0.25) is 0 Å². The predicted molar refractivity (Wildman–Crippen MR) is 60.0 cm³/mol. The van der Waals surface area contributed by atoms with E-state index in [2.05, 4.69) is 6.07 Å². The molecule has 2 N–H and O–H groups in total. The summed E-state index contributed by atoms with van der Waals surface area (Å²) >= 11 is 0. The molecule has 2 rings (SSSR count). The summed E-state index contributed by atoms with van der Waals surface area (Å²) in [6.07, 6.45) is 1.89. The highest BCUT2D eigenvalue weighted by molar-refractivity contribution is 5.56. The Hall–Kier alpha value is -1.73. The molecule has 0 atom stereocenters. The molecule has 1 aromatic carbocycles. The number of nitrogen functional groups attached to an aromatic ring is 1. The van der Waals surface area contributed by atoms with Gasteiger partial charge in [0, 0.05) is 18.9 Å². The number of hydrogen-bond donors (Lipinski definition) is 1. The van der Waals surface area contributed by atoms with E-state index in [1.54, 1.807) is 18.2 Å². The predicted octanol–water partition coefficient (Wildman–Crippen LogP) is 1.70. The average Bonchev–Trinajstić information content (AvgIpc) is 2.33. The first-order chi connectivity index (χ1) is 7.79. The van der Waals surface area contributed by atoms with E-state index in [9.17, 15) is 0 Å². The lowest BCUT2D eigenvalue weighted by Gasteiger charge is -2.24. The number of nitrogens with zero attached hydrogens (tertiary/aromatic N) is 1. The van der Waals surface area contributed by atoms with Gasteiger partial charge in [-0.1, -0.05) is 0 Å². The molecule has 1 aliphatic rings. The van der Waals surface area contributed by atoms with Gasteiger partial charge in [-0.2, -0.15) is 5.26 Å². The molecular weight excluding hydrogens is 204 g/mol. The minimum absolute atomic E-state index is 0.144. The van der Waals surface area contributed by atoms with E-state index in [0.29, 0.717) is 17.0 Å². The zero-order valence-corrected chi connectivity index (χ0v) is 8.98. The molecule has 0 unspecified atom stereocenters. The normalized spacial score (nSPS) is 16.7. The number of anilines is 1. The number of benzene rings is 1. The lowest BCUT2D eigenvalue weighted by atomic mass is 10.1. The number of nitriles is 1. The second kappa shape index (κ2) is 4.86. The van der Waals surface area contributed by atoms with Gasteiger partial charge >= 0.3 is 0 Å². The molecular formula is C12H14N2O2. The van der Waals surface area contributed by atoms with E-state index in [0.717, 1.165) is 26.1 Å². The Balaban J connectivity index is 2.10. The third kappa shape index (κ3) is 2.44. The molecule has 4 heteroatoms. The molecule has 0 saturated carbocycles. The molecule has 0 aromatic heterocycles. The highest BCUT2D eigenvalue weighted by atomic mass is 16.5. The van der Waals surface area contributed by atoms with Gasteiger partial charge in [-0.05, 0) is 12.1 Å². The van der Waals surface area contributed by atoms with Gasteiger partial charge < -0.3 is 15.2 Å². The van der Waals surface area contributed by atoms with Gasteiger partial charge in [0.1, 0.15) is 11.9 Å². The van der Waals surface area contributed by atoms with Crippen LogP contribution in [0.5, 0.6) is 5.75 Å². The van der Waals surface area contributed by atoms with Crippen LogP contribution in [0, 0.1) is 11.3 Å². The van der Waals surface area contributed by atoms with Crippen molar-refractivity contribution in [2.45, 2.75) is 18.9 Å². The maximum atomic E-state index is 8.79. The van der Waals surface area contributed by atoms with E-state index < -0.39 is 0 Å². The molecule has 0 radical (unpaired) electrons. The molecule has 0 spiro atoms. The molecule has 1 heterocycles. The maximum absolute atomic E-state index is 8.79. The van der Waals surface area contributed by atoms with Crippen molar-refractivity contribution in [2.24, 2.45) is 0 Å². The molecule has 1 saturated heterocycles. The Morgan fingerprint density at radius 2 is 2.12 bits per heavy atom. The van der Waals surface area contributed by atoms with Crippen LogP contribution in [-0.4, -0.2) is 19.3 Å². The molecule has 84 valence electrons. The SMILES string of the molecule is N#Cc1ccc(N)c(OC2CCOCC2)c1. The molecule has 1 fully saturated rings. The molecule has 4 nitrogen and oxygen atoms in total. The highest BCUT2D eigenvalue weighted by Crippen LogP contribution is 2.25. The Labute approximate surface area is 94.6 Å². The fraction of sp³-hybridized carbons (Fsp3) is 0.417. The van der Waals surface area contributed by atoms with Crippen LogP contribution < -0.4 is 10.5 Å². The minimum atomic E-state index is 0.144. The summed E-state index contributed by atoms with van der Waals surface area (Å²) in [6.45, 7) is 1.45. The van der Waals surface area contributed by atoms with Crippen LogP contribution in [-0.2, 0) is 4.74 Å². The van der Waals surface area contributed by atoms with Crippen LogP contribution in [0.3, 0.4) is 0 Å². The molecule has 1 aromatic rings. The summed E-state index contributed by atoms with van der Waals surface area (Å²) < 4.78 is 11.0. The topological polar surface area (TPSA) is 68.3 Å². The van der Waals surface area contributed by atoms with E-state index in [1.165, 1.54) is 0 Å². The molecule has 1 aliphatic heterocycles. The largest absolute Gasteiger partial charge is 0.488 e. The Morgan fingerprint density at radius 1 is 1.38 bits per heavy atom. The van der Waals surface area contributed by atoms with Gasteiger partial charge in [0.05, 0.1) is 30.5 Å². The van der Waals surface area contributed by atoms with Gasteiger partial charge in [0.25, 0.3) is 0 Å². The van der Waals surface area contributed by atoms with Gasteiger partial charge in [0.15, 0.2) is 0 Å². The van der Waals surface area contributed by atoms with E-state index in [4.69, 9.17) is 20.5 Å². The van der Waals surface area contributed by atoms with E-state index in [-0.39, 0.29) is 6.10 Å². The first-order valence-corrected chi connectivity index (χ1v) is 5.33. The summed E-state index contributed by atoms with van der Waals surface area (Å²) in [4.78, 5) is 0. The fourth-order valence-electron chi connectivity index (χ4n) is 1.68. The number of rotatable bonds is 2. The first kappa shape index (κ1) is 10.8. The minimum Gasteiger partial charge on any atom is -0.488 e. The standard InChI is InChI=1S/C12H14N2O2/c13-8-9-1-2-11(14)12(7-9)16-10-3-5-15-6-4-10/h1-2,7,10H,3-6,14H2. The fourth-order valence-corrected chi connectivity index (χ4v) is 1.68. The van der Waals surface area contributed by atoms with Crippen molar-refractivity contribution in [3.8, 4) is 11.8 Å². The van der Waals surface area contributed by atoms with Crippen molar-refractivity contribution in [3.63, 3.8) is 0 Å². The third-order valence-electron chi connectivity index (χ3n) is 2.60. The molecule has 0 amide bonds. The quantitative estimate of drug-likeness (QED) is 0.767. The Kier molecular flexibility index (Phi) is 3.28. The second-order valence-electron chi connectivity index (χ2n) is 3.79. The van der Waals surface area contributed by atoms with Crippen molar-refractivity contribution in [1.29, 1.82) is 5.26 Å². The monoisotopic (exact) mass is 218 g/mol. The van der Waals surface area contributed by atoms with Crippen molar-refractivity contribution in [3.05, 3.63) is 23.8 Å². The smallest absolute Gasteiger partial charge is 0.143 e. The molecule has 0 aliphatic carbocycles. The van der Waals surface area contributed by atoms with Gasteiger partial charge in [-0.25, -0.2) is 0 Å². The van der Waals surface area contributed by atoms with Crippen molar-refractivity contribution < 1.29 is 9.47 Å². The van der Waals surface area contributed by atoms with Crippen LogP contribution in [0.15, 0.2) is 18.2 Å². The summed E-state index contributed by atoms with van der Waals surface area (Å²) in [5.41, 5.74) is 6.94. The van der Waals surface area contributed by atoms with Crippen molar-refractivity contribution in [1.82, 2.24) is 0 Å². The van der Waals surface area contributed by atoms with Crippen LogP contribution in [0.1, 0.15) is 18.4 Å². The Morgan fingerprint density at radius 3 is 2.81 bits per heavy atom. The van der Waals surface area contributed by atoms with Gasteiger partial charge in [0.2, 0.25) is 0 Å². The summed E-state index contributed by atoms with van der Waals surface area (Å²) in [5, 5.41) is 8.79. The Bertz CT molecular complexity index is 406. The van der Waals surface area contributed by atoms with Crippen LogP contribution >= 0.6 is 0 Å². The van der Waals surface area contributed by atoms with Crippen LogP contribution in [0.4, 0.5) is 5.69 Å². The summed E-state index contributed by atoms with van der Waals surface area (Å²) in [5.74, 6) is 0.603. The number of hydrogen-bond acceptors (Lipinski definition) is 4.